The average molecular weight is 289 g/mol. The predicted octanol–water partition coefficient (Wildman–Crippen LogP) is 1.43. The average Bonchev–Trinajstić information content (AvgIpc) is 3.16. The molecular weight excluding hydrogens is 277 g/mol. The summed E-state index contributed by atoms with van der Waals surface area (Å²) in [6, 6.07) is 3.99. The summed E-state index contributed by atoms with van der Waals surface area (Å²) in [6.45, 7) is 0.0241. The summed E-state index contributed by atoms with van der Waals surface area (Å²) in [5.74, 6) is -2.43. The molecule has 2 unspecified atom stereocenters. The summed E-state index contributed by atoms with van der Waals surface area (Å²) < 4.78 is 13.5. The van der Waals surface area contributed by atoms with Crippen molar-refractivity contribution < 1.29 is 23.9 Å². The van der Waals surface area contributed by atoms with Crippen molar-refractivity contribution in [3.05, 3.63) is 41.2 Å². The molecule has 1 aliphatic carbocycles. The number of hydrogen-bond acceptors (Lipinski definition) is 3. The number of hydrogen-bond donors (Lipinski definition) is 1. The van der Waals surface area contributed by atoms with E-state index >= 15 is 0 Å². The van der Waals surface area contributed by atoms with Crippen molar-refractivity contribution in [1.82, 2.24) is 4.90 Å². The molecule has 5 nitrogen and oxygen atoms in total. The highest BCUT2D eigenvalue weighted by atomic mass is 19.1. The van der Waals surface area contributed by atoms with Gasteiger partial charge < -0.3 is 5.11 Å². The van der Waals surface area contributed by atoms with Crippen LogP contribution < -0.4 is 0 Å². The minimum Gasteiger partial charge on any atom is -0.478 e. The first kappa shape index (κ1) is 13.5. The maximum Gasteiger partial charge on any atom is 0.328 e. The Morgan fingerprint density at radius 2 is 1.95 bits per heavy atom. The van der Waals surface area contributed by atoms with Crippen LogP contribution in [0.1, 0.15) is 17.5 Å². The quantitative estimate of drug-likeness (QED) is 0.672. The molecule has 2 amide bonds. The smallest absolute Gasteiger partial charge is 0.328 e. The van der Waals surface area contributed by atoms with Gasteiger partial charge in [-0.05, 0) is 41.8 Å². The minimum absolute atomic E-state index is 0.0241. The molecule has 108 valence electrons. The van der Waals surface area contributed by atoms with Gasteiger partial charge in [0.2, 0.25) is 11.8 Å². The number of piperidine rings is 1. The number of imide groups is 1. The van der Waals surface area contributed by atoms with Crippen LogP contribution in [0, 0.1) is 17.7 Å². The predicted molar refractivity (Wildman–Crippen MR) is 70.2 cm³/mol. The molecule has 21 heavy (non-hydrogen) atoms. The van der Waals surface area contributed by atoms with Gasteiger partial charge in [0.05, 0.1) is 18.4 Å². The highest BCUT2D eigenvalue weighted by Crippen LogP contribution is 2.47. The molecule has 2 aliphatic rings. The number of halogens is 1. The fourth-order valence-corrected chi connectivity index (χ4v) is 2.62. The number of benzene rings is 1. The number of likely N-dealkylation sites (tertiary alicyclic amines) is 1. The fraction of sp³-hybridized carbons (Fsp3) is 0.267. The number of carboxylic acids is 1. The van der Waals surface area contributed by atoms with E-state index in [-0.39, 0.29) is 30.2 Å². The SMILES string of the molecule is O=C(O)C=Cc1cc(F)cc(CN2C(=O)C3CC3C2=O)c1. The van der Waals surface area contributed by atoms with Crippen molar-refractivity contribution in [2.75, 3.05) is 0 Å². The zero-order valence-electron chi connectivity index (χ0n) is 11.0. The van der Waals surface area contributed by atoms with Crippen LogP contribution in [0.2, 0.25) is 0 Å². The molecule has 0 bridgehead atoms. The first-order valence-electron chi connectivity index (χ1n) is 6.51. The maximum absolute atomic E-state index is 13.5. The third-order valence-electron chi connectivity index (χ3n) is 3.70. The number of nitrogens with zero attached hydrogens (tertiary/aromatic N) is 1. The van der Waals surface area contributed by atoms with Crippen molar-refractivity contribution in [3.8, 4) is 0 Å². The van der Waals surface area contributed by atoms with Gasteiger partial charge in [-0.3, -0.25) is 14.5 Å². The largest absolute Gasteiger partial charge is 0.478 e. The highest BCUT2D eigenvalue weighted by Gasteiger charge is 2.58. The lowest BCUT2D eigenvalue weighted by Crippen LogP contribution is -2.32. The molecule has 0 radical (unpaired) electrons. The van der Waals surface area contributed by atoms with Gasteiger partial charge >= 0.3 is 5.97 Å². The van der Waals surface area contributed by atoms with E-state index in [2.05, 4.69) is 0 Å². The lowest BCUT2D eigenvalue weighted by molar-refractivity contribution is -0.142. The third kappa shape index (κ3) is 2.56. The first-order chi connectivity index (χ1) is 9.95. The van der Waals surface area contributed by atoms with Crippen LogP contribution in [0.3, 0.4) is 0 Å². The van der Waals surface area contributed by atoms with Crippen LogP contribution in [0.15, 0.2) is 24.3 Å². The Labute approximate surface area is 119 Å². The van der Waals surface area contributed by atoms with E-state index in [0.717, 1.165) is 11.0 Å². The topological polar surface area (TPSA) is 74.7 Å². The summed E-state index contributed by atoms with van der Waals surface area (Å²) >= 11 is 0. The van der Waals surface area contributed by atoms with E-state index in [1.807, 2.05) is 0 Å². The molecule has 1 N–H and O–H groups in total. The third-order valence-corrected chi connectivity index (χ3v) is 3.70. The normalized spacial score (nSPS) is 23.8. The van der Waals surface area contributed by atoms with E-state index in [0.29, 0.717) is 17.5 Å². The van der Waals surface area contributed by atoms with Crippen molar-refractivity contribution >= 4 is 23.9 Å². The molecule has 1 aromatic rings. The number of rotatable bonds is 4. The summed E-state index contributed by atoms with van der Waals surface area (Å²) in [7, 11) is 0. The lowest BCUT2D eigenvalue weighted by Gasteiger charge is -2.16. The van der Waals surface area contributed by atoms with Crippen LogP contribution in [0.4, 0.5) is 4.39 Å². The second-order valence-corrected chi connectivity index (χ2v) is 5.28. The van der Waals surface area contributed by atoms with Crippen molar-refractivity contribution in [3.63, 3.8) is 0 Å². The van der Waals surface area contributed by atoms with Gasteiger partial charge in [0.25, 0.3) is 0 Å². The van der Waals surface area contributed by atoms with Crippen molar-refractivity contribution in [2.45, 2.75) is 13.0 Å². The van der Waals surface area contributed by atoms with E-state index < -0.39 is 11.8 Å². The Hall–Kier alpha value is -2.50. The molecule has 1 aromatic carbocycles. The van der Waals surface area contributed by atoms with E-state index in [1.165, 1.54) is 18.2 Å². The van der Waals surface area contributed by atoms with Crippen molar-refractivity contribution in [2.24, 2.45) is 11.8 Å². The van der Waals surface area contributed by atoms with Gasteiger partial charge in [-0.25, -0.2) is 9.18 Å². The second-order valence-electron chi connectivity index (χ2n) is 5.28. The van der Waals surface area contributed by atoms with Crippen LogP contribution in [0.5, 0.6) is 0 Å². The van der Waals surface area contributed by atoms with E-state index in [4.69, 9.17) is 5.11 Å². The van der Waals surface area contributed by atoms with Crippen LogP contribution >= 0.6 is 0 Å². The van der Waals surface area contributed by atoms with Gasteiger partial charge in [0, 0.05) is 6.08 Å². The Kier molecular flexibility index (Phi) is 3.08. The molecule has 3 rings (SSSR count). The lowest BCUT2D eigenvalue weighted by atomic mass is 10.1. The monoisotopic (exact) mass is 289 g/mol. The molecule has 1 saturated heterocycles. The number of aliphatic carboxylic acids is 1. The molecule has 1 aliphatic heterocycles. The van der Waals surface area contributed by atoms with Crippen molar-refractivity contribution in [1.29, 1.82) is 0 Å². The highest BCUT2D eigenvalue weighted by molar-refractivity contribution is 6.08. The molecule has 0 aromatic heterocycles. The van der Waals surface area contributed by atoms with Crippen LogP contribution in [0.25, 0.3) is 6.08 Å². The maximum atomic E-state index is 13.5. The number of carbonyl (C=O) groups excluding carboxylic acids is 2. The zero-order valence-corrected chi connectivity index (χ0v) is 11.0. The van der Waals surface area contributed by atoms with E-state index in [1.54, 1.807) is 6.07 Å². The molecule has 0 spiro atoms. The molecular formula is C15H12FNO4. The molecule has 2 atom stereocenters. The summed E-state index contributed by atoms with van der Waals surface area (Å²) in [5.41, 5.74) is 0.833. The van der Waals surface area contributed by atoms with Gasteiger partial charge in [-0.15, -0.1) is 0 Å². The molecule has 2 fully saturated rings. The Morgan fingerprint density at radius 3 is 2.57 bits per heavy atom. The number of carboxylic acid groups (broad SMARTS) is 1. The summed E-state index contributed by atoms with van der Waals surface area (Å²) in [5, 5.41) is 8.57. The van der Waals surface area contributed by atoms with Crippen LogP contribution in [-0.4, -0.2) is 27.8 Å². The molecule has 1 saturated carbocycles. The van der Waals surface area contributed by atoms with Crippen LogP contribution in [-0.2, 0) is 20.9 Å². The molecule has 6 heteroatoms. The van der Waals surface area contributed by atoms with Gasteiger partial charge in [-0.2, -0.15) is 0 Å². The Balaban J connectivity index is 1.81. The molecule has 1 heterocycles. The first-order valence-corrected chi connectivity index (χ1v) is 6.51. The van der Waals surface area contributed by atoms with Gasteiger partial charge in [-0.1, -0.05) is 0 Å². The van der Waals surface area contributed by atoms with E-state index in [9.17, 15) is 18.8 Å². The standard InChI is InChI=1S/C15H12FNO4/c16-10-4-8(1-2-13(18)19)3-9(5-10)7-17-14(20)11-6-12(11)15(17)21/h1-5,11-12H,6-7H2,(H,18,19). The number of carbonyl (C=O) groups is 3. The fourth-order valence-electron chi connectivity index (χ4n) is 2.62. The van der Waals surface area contributed by atoms with Gasteiger partial charge in [0.15, 0.2) is 0 Å². The Morgan fingerprint density at radius 1 is 1.29 bits per heavy atom. The summed E-state index contributed by atoms with van der Waals surface area (Å²) in [4.78, 5) is 35.4. The van der Waals surface area contributed by atoms with Gasteiger partial charge in [0.1, 0.15) is 5.82 Å². The number of fused-ring (bicyclic) bond motifs is 1. The second kappa shape index (κ2) is 4.80. The zero-order chi connectivity index (χ0) is 15.1. The number of amides is 2. The summed E-state index contributed by atoms with van der Waals surface area (Å²) in [6.07, 6.45) is 2.80. The Bertz CT molecular complexity index is 662. The minimum atomic E-state index is -1.13.